The van der Waals surface area contributed by atoms with Crippen molar-refractivity contribution in [1.29, 1.82) is 0 Å². The highest BCUT2D eigenvalue weighted by molar-refractivity contribution is 5.89. The van der Waals surface area contributed by atoms with E-state index in [-0.39, 0.29) is 6.03 Å². The molecule has 27 heavy (non-hydrogen) atoms. The van der Waals surface area contributed by atoms with Gasteiger partial charge >= 0.3 is 6.03 Å². The summed E-state index contributed by atoms with van der Waals surface area (Å²) in [5.41, 5.74) is 2.09. The van der Waals surface area contributed by atoms with E-state index in [9.17, 15) is 4.79 Å². The van der Waals surface area contributed by atoms with Gasteiger partial charge in [-0.3, -0.25) is 9.80 Å². The molecule has 7 nitrogen and oxygen atoms in total. The molecule has 0 aliphatic carbocycles. The quantitative estimate of drug-likeness (QED) is 0.822. The summed E-state index contributed by atoms with van der Waals surface area (Å²) in [6.45, 7) is 10.8. The van der Waals surface area contributed by atoms with E-state index in [1.807, 2.05) is 19.2 Å². The number of anilines is 1. The molecule has 2 saturated heterocycles. The number of morpholine rings is 2. The van der Waals surface area contributed by atoms with Crippen LogP contribution in [0.4, 0.5) is 10.5 Å². The van der Waals surface area contributed by atoms with Crippen LogP contribution >= 0.6 is 0 Å². The Morgan fingerprint density at radius 3 is 2.30 bits per heavy atom. The molecule has 0 aromatic heterocycles. The first-order chi connectivity index (χ1) is 13.1. The molecule has 2 heterocycles. The van der Waals surface area contributed by atoms with Crippen LogP contribution in [0.3, 0.4) is 0 Å². The fourth-order valence-corrected chi connectivity index (χ4v) is 3.46. The van der Waals surface area contributed by atoms with Gasteiger partial charge in [0, 0.05) is 58.0 Å². The Labute approximate surface area is 162 Å². The second-order valence-corrected chi connectivity index (χ2v) is 7.25. The Morgan fingerprint density at radius 1 is 1.07 bits per heavy atom. The summed E-state index contributed by atoms with van der Waals surface area (Å²) >= 11 is 0. The molecule has 1 N–H and O–H groups in total. The van der Waals surface area contributed by atoms with Gasteiger partial charge in [0.25, 0.3) is 0 Å². The first-order valence-corrected chi connectivity index (χ1v) is 9.87. The Balaban J connectivity index is 1.45. The number of carbonyl (C=O) groups is 1. The number of nitrogens with zero attached hydrogens (tertiary/aromatic N) is 3. The normalized spacial score (nSPS) is 20.2. The van der Waals surface area contributed by atoms with Gasteiger partial charge in [-0.05, 0) is 24.6 Å². The summed E-state index contributed by atoms with van der Waals surface area (Å²) < 4.78 is 10.8. The fraction of sp³-hybridized carbons (Fsp3) is 0.650. The Hall–Kier alpha value is -1.67. The van der Waals surface area contributed by atoms with Gasteiger partial charge in [0.15, 0.2) is 0 Å². The van der Waals surface area contributed by atoms with Crippen molar-refractivity contribution in [1.82, 2.24) is 14.7 Å². The minimum atomic E-state index is -0.0720. The predicted molar refractivity (Wildman–Crippen MR) is 106 cm³/mol. The van der Waals surface area contributed by atoms with E-state index in [4.69, 9.17) is 9.47 Å². The van der Waals surface area contributed by atoms with Crippen molar-refractivity contribution in [2.24, 2.45) is 0 Å². The van der Waals surface area contributed by atoms with Crippen LogP contribution in [0.25, 0.3) is 0 Å². The second kappa shape index (κ2) is 10.0. The number of hydrogen-bond acceptors (Lipinski definition) is 5. The number of carbonyl (C=O) groups excluding carboxylic acids is 1. The average Bonchev–Trinajstić information content (AvgIpc) is 2.73. The maximum Gasteiger partial charge on any atom is 0.321 e. The summed E-state index contributed by atoms with van der Waals surface area (Å²) in [5.74, 6) is 0. The van der Waals surface area contributed by atoms with E-state index in [0.717, 1.165) is 64.8 Å². The highest BCUT2D eigenvalue weighted by atomic mass is 16.5. The standard InChI is InChI=1S/C20H32N4O3/c1-17(24-11-15-27-16-12-24)18-3-5-19(6-4-18)21-20(25)22(2)7-8-23-9-13-26-14-10-23/h3-6,17H,7-16H2,1-2H3,(H,21,25). The molecule has 150 valence electrons. The van der Waals surface area contributed by atoms with E-state index in [1.165, 1.54) is 5.56 Å². The molecule has 0 saturated carbocycles. The van der Waals surface area contributed by atoms with E-state index >= 15 is 0 Å². The van der Waals surface area contributed by atoms with Gasteiger partial charge in [0.05, 0.1) is 26.4 Å². The number of urea groups is 1. The molecule has 0 radical (unpaired) electrons. The number of likely N-dealkylation sites (N-methyl/N-ethyl adjacent to an activating group) is 1. The molecule has 1 aromatic rings. The minimum absolute atomic E-state index is 0.0720. The molecule has 2 fully saturated rings. The topological polar surface area (TPSA) is 57.3 Å². The number of hydrogen-bond donors (Lipinski definition) is 1. The Kier molecular flexibility index (Phi) is 7.46. The molecule has 3 rings (SSSR count). The third-order valence-electron chi connectivity index (χ3n) is 5.44. The van der Waals surface area contributed by atoms with Gasteiger partial charge in [0.1, 0.15) is 0 Å². The minimum Gasteiger partial charge on any atom is -0.379 e. The molecular weight excluding hydrogens is 344 g/mol. The monoisotopic (exact) mass is 376 g/mol. The van der Waals surface area contributed by atoms with E-state index in [1.54, 1.807) is 4.90 Å². The zero-order valence-corrected chi connectivity index (χ0v) is 16.5. The summed E-state index contributed by atoms with van der Waals surface area (Å²) in [6, 6.07) is 8.46. The van der Waals surface area contributed by atoms with E-state index in [0.29, 0.717) is 12.6 Å². The summed E-state index contributed by atoms with van der Waals surface area (Å²) in [7, 11) is 1.84. The first-order valence-electron chi connectivity index (χ1n) is 9.87. The van der Waals surface area contributed by atoms with Crippen molar-refractivity contribution in [2.45, 2.75) is 13.0 Å². The molecule has 0 spiro atoms. The van der Waals surface area contributed by atoms with Gasteiger partial charge in [-0.2, -0.15) is 0 Å². The molecule has 1 unspecified atom stereocenters. The van der Waals surface area contributed by atoms with Crippen LogP contribution in [0.2, 0.25) is 0 Å². The van der Waals surface area contributed by atoms with Crippen LogP contribution in [0.5, 0.6) is 0 Å². The fourth-order valence-electron chi connectivity index (χ4n) is 3.46. The van der Waals surface area contributed by atoms with Gasteiger partial charge in [-0.25, -0.2) is 4.79 Å². The smallest absolute Gasteiger partial charge is 0.321 e. The van der Waals surface area contributed by atoms with Crippen molar-refractivity contribution < 1.29 is 14.3 Å². The molecule has 2 aliphatic heterocycles. The molecule has 7 heteroatoms. The zero-order valence-electron chi connectivity index (χ0n) is 16.5. The highest BCUT2D eigenvalue weighted by Gasteiger charge is 2.18. The van der Waals surface area contributed by atoms with Crippen LogP contribution in [0.1, 0.15) is 18.5 Å². The van der Waals surface area contributed by atoms with Crippen LogP contribution in [0.15, 0.2) is 24.3 Å². The number of benzene rings is 1. The lowest BCUT2D eigenvalue weighted by Gasteiger charge is -2.32. The zero-order chi connectivity index (χ0) is 19.1. The molecule has 2 amide bonds. The van der Waals surface area contributed by atoms with Crippen molar-refractivity contribution in [3.63, 3.8) is 0 Å². The second-order valence-electron chi connectivity index (χ2n) is 7.25. The van der Waals surface area contributed by atoms with Gasteiger partial charge in [-0.15, -0.1) is 0 Å². The van der Waals surface area contributed by atoms with E-state index < -0.39 is 0 Å². The van der Waals surface area contributed by atoms with Gasteiger partial charge in [-0.1, -0.05) is 12.1 Å². The number of amides is 2. The van der Waals surface area contributed by atoms with E-state index in [2.05, 4.69) is 34.2 Å². The molecular formula is C20H32N4O3. The maximum atomic E-state index is 12.4. The third-order valence-corrected chi connectivity index (χ3v) is 5.44. The third kappa shape index (κ3) is 5.90. The predicted octanol–water partition coefficient (Wildman–Crippen LogP) is 1.88. The van der Waals surface area contributed by atoms with Crippen LogP contribution in [-0.2, 0) is 9.47 Å². The first kappa shape index (κ1) is 20.1. The number of nitrogens with one attached hydrogen (secondary N) is 1. The number of ether oxygens (including phenoxy) is 2. The van der Waals surface area contributed by atoms with Crippen LogP contribution in [-0.4, -0.2) is 93.5 Å². The lowest BCUT2D eigenvalue weighted by atomic mass is 10.1. The number of rotatable bonds is 6. The summed E-state index contributed by atoms with van der Waals surface area (Å²) in [5, 5.41) is 2.99. The van der Waals surface area contributed by atoms with Crippen molar-refractivity contribution in [3.8, 4) is 0 Å². The maximum absolute atomic E-state index is 12.4. The Bertz CT molecular complexity index is 583. The van der Waals surface area contributed by atoms with Gasteiger partial charge < -0.3 is 19.7 Å². The average molecular weight is 377 g/mol. The van der Waals surface area contributed by atoms with Crippen molar-refractivity contribution in [2.75, 3.05) is 78.1 Å². The largest absolute Gasteiger partial charge is 0.379 e. The SMILES string of the molecule is CC(c1ccc(NC(=O)N(C)CCN2CCOCC2)cc1)N1CCOCC1. The molecule has 1 atom stereocenters. The van der Waals surface area contributed by atoms with Crippen molar-refractivity contribution in [3.05, 3.63) is 29.8 Å². The Morgan fingerprint density at radius 2 is 1.67 bits per heavy atom. The van der Waals surface area contributed by atoms with Crippen LogP contribution in [0, 0.1) is 0 Å². The molecule has 0 bridgehead atoms. The van der Waals surface area contributed by atoms with Gasteiger partial charge in [0.2, 0.25) is 0 Å². The highest BCUT2D eigenvalue weighted by Crippen LogP contribution is 2.22. The molecule has 2 aliphatic rings. The lowest BCUT2D eigenvalue weighted by molar-refractivity contribution is 0.0198. The van der Waals surface area contributed by atoms with Crippen LogP contribution < -0.4 is 5.32 Å². The lowest BCUT2D eigenvalue weighted by Crippen LogP contribution is -2.42. The summed E-state index contributed by atoms with van der Waals surface area (Å²) in [4.78, 5) is 18.9. The molecule has 1 aromatic carbocycles. The summed E-state index contributed by atoms with van der Waals surface area (Å²) in [6.07, 6.45) is 0. The van der Waals surface area contributed by atoms with Crippen molar-refractivity contribution >= 4 is 11.7 Å².